The fourth-order valence-corrected chi connectivity index (χ4v) is 3.24. The normalized spacial score (nSPS) is 11.4. The van der Waals surface area contributed by atoms with Gasteiger partial charge >= 0.3 is 6.18 Å². The second-order valence-corrected chi connectivity index (χ2v) is 5.70. The van der Waals surface area contributed by atoms with E-state index >= 15 is 0 Å². The quantitative estimate of drug-likeness (QED) is 0.672. The molecule has 0 fully saturated rings. The van der Waals surface area contributed by atoms with Gasteiger partial charge in [0.1, 0.15) is 5.75 Å². The van der Waals surface area contributed by atoms with E-state index in [0.29, 0.717) is 38.5 Å². The molecule has 0 saturated carbocycles. The average Bonchev–Trinajstić information content (AvgIpc) is 2.98. The summed E-state index contributed by atoms with van der Waals surface area (Å²) >= 11 is 0.584. The number of thiazole rings is 1. The zero-order valence-corrected chi connectivity index (χ0v) is 12.6. The van der Waals surface area contributed by atoms with Gasteiger partial charge in [0, 0.05) is 5.56 Å². The third-order valence-corrected chi connectivity index (χ3v) is 4.42. The number of rotatable bonds is 2. The summed E-state index contributed by atoms with van der Waals surface area (Å²) in [5, 5.41) is 7.96. The molecule has 23 heavy (non-hydrogen) atoms. The maximum atomic E-state index is 12.9. The number of aromatic nitrogens is 1. The monoisotopic (exact) mass is 334 g/mol. The van der Waals surface area contributed by atoms with Crippen molar-refractivity contribution >= 4 is 21.6 Å². The summed E-state index contributed by atoms with van der Waals surface area (Å²) in [6.07, 6.45) is -4.49. The highest BCUT2D eigenvalue weighted by molar-refractivity contribution is 7.19. The summed E-state index contributed by atoms with van der Waals surface area (Å²) in [5.41, 5.74) is 1.95. The van der Waals surface area contributed by atoms with Crippen LogP contribution in [0.2, 0.25) is 0 Å². The molecule has 1 aromatic heterocycles. The number of benzene rings is 2. The second-order valence-electron chi connectivity index (χ2n) is 4.70. The van der Waals surface area contributed by atoms with Crippen molar-refractivity contribution in [2.24, 2.45) is 0 Å². The molecule has 0 amide bonds. The molecule has 0 aliphatic rings. The molecule has 0 N–H and O–H groups in total. The van der Waals surface area contributed by atoms with E-state index in [9.17, 15) is 13.2 Å². The number of halogens is 3. The molecule has 1 heterocycles. The first-order valence-corrected chi connectivity index (χ1v) is 7.31. The number of ether oxygens (including phenoxy) is 1. The standard InChI is InChI=1S/C16H9F3N2OS/c1-22-12-7-6-11-14(23-15(21-11)16(17,18)19)13(12)10-4-2-9(8-20)3-5-10/h2-7H,1H3. The maximum absolute atomic E-state index is 12.9. The van der Waals surface area contributed by atoms with Crippen molar-refractivity contribution in [1.29, 1.82) is 5.26 Å². The van der Waals surface area contributed by atoms with Gasteiger partial charge in [0.25, 0.3) is 0 Å². The number of nitriles is 1. The summed E-state index contributed by atoms with van der Waals surface area (Å²) < 4.78 is 44.5. The SMILES string of the molecule is COc1ccc2nc(C(F)(F)F)sc2c1-c1ccc(C#N)cc1. The van der Waals surface area contributed by atoms with Crippen LogP contribution < -0.4 is 4.74 Å². The fraction of sp³-hybridized carbons (Fsp3) is 0.125. The van der Waals surface area contributed by atoms with E-state index in [-0.39, 0.29) is 5.52 Å². The van der Waals surface area contributed by atoms with Gasteiger partial charge in [-0.2, -0.15) is 18.4 Å². The maximum Gasteiger partial charge on any atom is 0.443 e. The summed E-state index contributed by atoms with van der Waals surface area (Å²) in [5.74, 6) is 0.458. The van der Waals surface area contributed by atoms with E-state index in [2.05, 4.69) is 4.98 Å². The molecule has 0 bridgehead atoms. The lowest BCUT2D eigenvalue weighted by atomic mass is 10.0. The molecule has 2 aromatic carbocycles. The Morgan fingerprint density at radius 1 is 1.13 bits per heavy atom. The lowest BCUT2D eigenvalue weighted by molar-refractivity contribution is -0.137. The largest absolute Gasteiger partial charge is 0.496 e. The van der Waals surface area contributed by atoms with Gasteiger partial charge in [-0.05, 0) is 29.8 Å². The fourth-order valence-electron chi connectivity index (χ4n) is 2.25. The molecular weight excluding hydrogens is 325 g/mol. The average molecular weight is 334 g/mol. The Labute approximate surface area is 133 Å². The van der Waals surface area contributed by atoms with Crippen LogP contribution in [0.5, 0.6) is 5.75 Å². The van der Waals surface area contributed by atoms with Gasteiger partial charge in [0.05, 0.1) is 29.0 Å². The number of fused-ring (bicyclic) bond motifs is 1. The van der Waals surface area contributed by atoms with Crippen LogP contribution in [0.1, 0.15) is 10.6 Å². The van der Waals surface area contributed by atoms with Crippen LogP contribution in [-0.4, -0.2) is 12.1 Å². The lowest BCUT2D eigenvalue weighted by Gasteiger charge is -2.09. The topological polar surface area (TPSA) is 45.9 Å². The Morgan fingerprint density at radius 2 is 1.83 bits per heavy atom. The van der Waals surface area contributed by atoms with Crippen LogP contribution in [-0.2, 0) is 6.18 Å². The number of nitrogens with zero attached hydrogens (tertiary/aromatic N) is 2. The Hall–Kier alpha value is -2.59. The van der Waals surface area contributed by atoms with E-state index < -0.39 is 11.2 Å². The first kappa shape index (κ1) is 15.3. The number of hydrogen-bond acceptors (Lipinski definition) is 4. The predicted molar refractivity (Wildman–Crippen MR) is 81.3 cm³/mol. The van der Waals surface area contributed by atoms with E-state index in [0.717, 1.165) is 0 Å². The molecule has 0 radical (unpaired) electrons. The minimum Gasteiger partial charge on any atom is -0.496 e. The van der Waals surface area contributed by atoms with Crippen molar-refractivity contribution in [2.75, 3.05) is 7.11 Å². The van der Waals surface area contributed by atoms with Crippen LogP contribution >= 0.6 is 11.3 Å². The van der Waals surface area contributed by atoms with E-state index in [1.54, 1.807) is 30.3 Å². The van der Waals surface area contributed by atoms with E-state index in [4.69, 9.17) is 10.00 Å². The van der Waals surface area contributed by atoms with Crippen molar-refractivity contribution < 1.29 is 17.9 Å². The molecule has 0 aliphatic heterocycles. The highest BCUT2D eigenvalue weighted by atomic mass is 32.1. The number of hydrogen-bond donors (Lipinski definition) is 0. The summed E-state index contributed by atoms with van der Waals surface area (Å²) in [4.78, 5) is 3.66. The molecule has 0 aliphatic carbocycles. The lowest BCUT2D eigenvalue weighted by Crippen LogP contribution is -2.03. The van der Waals surface area contributed by atoms with Crippen LogP contribution in [0.4, 0.5) is 13.2 Å². The number of alkyl halides is 3. The van der Waals surface area contributed by atoms with Gasteiger partial charge in [0.15, 0.2) is 5.01 Å². The molecule has 3 aromatic rings. The third kappa shape index (κ3) is 2.73. The van der Waals surface area contributed by atoms with Crippen LogP contribution in [0.15, 0.2) is 36.4 Å². The zero-order valence-electron chi connectivity index (χ0n) is 11.8. The van der Waals surface area contributed by atoms with Crippen LogP contribution in [0, 0.1) is 11.3 Å². The molecule has 116 valence electrons. The molecule has 0 atom stereocenters. The van der Waals surface area contributed by atoms with Crippen LogP contribution in [0.25, 0.3) is 21.3 Å². The highest BCUT2D eigenvalue weighted by Gasteiger charge is 2.35. The van der Waals surface area contributed by atoms with Crippen molar-refractivity contribution in [3.63, 3.8) is 0 Å². The molecule has 3 nitrogen and oxygen atoms in total. The summed E-state index contributed by atoms with van der Waals surface area (Å²) in [6, 6.07) is 11.7. The van der Waals surface area contributed by atoms with Gasteiger partial charge in [-0.3, -0.25) is 0 Å². The third-order valence-electron chi connectivity index (χ3n) is 3.28. The van der Waals surface area contributed by atoms with Crippen molar-refractivity contribution in [3.8, 4) is 22.9 Å². The molecule has 3 rings (SSSR count). The Morgan fingerprint density at radius 3 is 2.39 bits per heavy atom. The van der Waals surface area contributed by atoms with E-state index in [1.807, 2.05) is 6.07 Å². The first-order valence-electron chi connectivity index (χ1n) is 6.49. The molecule has 0 unspecified atom stereocenters. The second kappa shape index (κ2) is 5.56. The highest BCUT2D eigenvalue weighted by Crippen LogP contribution is 2.43. The number of methoxy groups -OCH3 is 1. The molecule has 0 saturated heterocycles. The minimum absolute atomic E-state index is 0.266. The van der Waals surface area contributed by atoms with E-state index in [1.165, 1.54) is 13.2 Å². The van der Waals surface area contributed by atoms with Gasteiger partial charge in [0.2, 0.25) is 0 Å². The molecular formula is C16H9F3N2OS. The van der Waals surface area contributed by atoms with Gasteiger partial charge < -0.3 is 4.74 Å². The minimum atomic E-state index is -4.49. The Balaban J connectivity index is 2.27. The van der Waals surface area contributed by atoms with Crippen LogP contribution in [0.3, 0.4) is 0 Å². The van der Waals surface area contributed by atoms with Crippen molar-refractivity contribution in [1.82, 2.24) is 4.98 Å². The predicted octanol–water partition coefficient (Wildman–Crippen LogP) is 4.86. The first-order chi connectivity index (χ1) is 10.9. The zero-order chi connectivity index (χ0) is 16.6. The van der Waals surface area contributed by atoms with Crippen molar-refractivity contribution in [3.05, 3.63) is 47.0 Å². The Kier molecular flexibility index (Phi) is 3.70. The van der Waals surface area contributed by atoms with Gasteiger partial charge in [-0.25, -0.2) is 4.98 Å². The summed E-state index contributed by atoms with van der Waals surface area (Å²) in [6.45, 7) is 0. The Bertz CT molecular complexity index is 908. The smallest absolute Gasteiger partial charge is 0.443 e. The van der Waals surface area contributed by atoms with Gasteiger partial charge in [-0.1, -0.05) is 12.1 Å². The molecule has 0 spiro atoms. The van der Waals surface area contributed by atoms with Gasteiger partial charge in [-0.15, -0.1) is 11.3 Å². The summed E-state index contributed by atoms with van der Waals surface area (Å²) in [7, 11) is 1.46. The molecule has 7 heteroatoms. The van der Waals surface area contributed by atoms with Crippen molar-refractivity contribution in [2.45, 2.75) is 6.18 Å².